The Balaban J connectivity index is 2.00. The molecule has 0 unspecified atom stereocenters. The zero-order chi connectivity index (χ0) is 16.7. The molecule has 3 aromatic rings. The van der Waals surface area contributed by atoms with Crippen molar-refractivity contribution in [1.82, 2.24) is 9.55 Å². The predicted molar refractivity (Wildman–Crippen MR) is 92.9 cm³/mol. The van der Waals surface area contributed by atoms with Gasteiger partial charge in [0.15, 0.2) is 5.69 Å². The fraction of sp³-hybridized carbons (Fsp3) is 0.0556. The van der Waals surface area contributed by atoms with Crippen LogP contribution in [0.15, 0.2) is 59.9 Å². The van der Waals surface area contributed by atoms with Crippen LogP contribution in [0, 0.1) is 0 Å². The van der Waals surface area contributed by atoms with Crippen LogP contribution in [0.5, 0.6) is 0 Å². The van der Waals surface area contributed by atoms with E-state index >= 15 is 0 Å². The average Bonchev–Trinajstić information content (AvgIpc) is 2.94. The van der Waals surface area contributed by atoms with Gasteiger partial charge in [-0.15, -0.1) is 0 Å². The summed E-state index contributed by atoms with van der Waals surface area (Å²) in [5.41, 5.74) is 9.93. The lowest BCUT2D eigenvalue weighted by Crippen LogP contribution is -2.14. The maximum absolute atomic E-state index is 11.6. The first-order valence-electron chi connectivity index (χ1n) is 7.41. The summed E-state index contributed by atoms with van der Waals surface area (Å²) in [6, 6.07) is 15.5. The number of nitrogens with two attached hydrogens (primary N) is 1. The zero-order valence-electron chi connectivity index (χ0n) is 12.6. The summed E-state index contributed by atoms with van der Waals surface area (Å²) in [5, 5.41) is 0.621. The number of rotatable bonds is 2. The topological polar surface area (TPSA) is 73.3 Å². The van der Waals surface area contributed by atoms with Gasteiger partial charge in [0.05, 0.1) is 23.6 Å². The molecule has 2 N–H and O–H groups in total. The second-order valence-corrected chi connectivity index (χ2v) is 5.90. The minimum absolute atomic E-state index is 0.244. The highest BCUT2D eigenvalue weighted by Gasteiger charge is 2.23. The molecule has 2 heterocycles. The quantitative estimate of drug-likeness (QED) is 0.781. The van der Waals surface area contributed by atoms with E-state index in [0.717, 1.165) is 22.5 Å². The van der Waals surface area contributed by atoms with Gasteiger partial charge >= 0.3 is 0 Å². The van der Waals surface area contributed by atoms with Crippen LogP contribution in [-0.4, -0.2) is 21.2 Å². The van der Waals surface area contributed by atoms with Crippen molar-refractivity contribution in [1.29, 1.82) is 0 Å². The first kappa shape index (κ1) is 14.7. The van der Waals surface area contributed by atoms with Gasteiger partial charge in [0, 0.05) is 16.1 Å². The number of aliphatic imine (C=N–C) groups is 1. The molecule has 0 atom stereocenters. The third-order valence-corrected chi connectivity index (χ3v) is 4.24. The van der Waals surface area contributed by atoms with Crippen LogP contribution in [0.3, 0.4) is 0 Å². The summed E-state index contributed by atoms with van der Waals surface area (Å²) in [4.78, 5) is 20.5. The van der Waals surface area contributed by atoms with Gasteiger partial charge in [-0.1, -0.05) is 41.9 Å². The average molecular weight is 337 g/mol. The van der Waals surface area contributed by atoms with E-state index in [1.807, 2.05) is 53.1 Å². The highest BCUT2D eigenvalue weighted by atomic mass is 35.5. The Bertz CT molecular complexity index is 976. The van der Waals surface area contributed by atoms with Crippen LogP contribution in [0.4, 0.5) is 0 Å². The summed E-state index contributed by atoms with van der Waals surface area (Å²) >= 11 is 6.21. The van der Waals surface area contributed by atoms with Crippen molar-refractivity contribution in [2.24, 2.45) is 10.7 Å². The monoisotopic (exact) mass is 336 g/mol. The molecule has 0 saturated heterocycles. The molecule has 24 heavy (non-hydrogen) atoms. The van der Waals surface area contributed by atoms with Crippen molar-refractivity contribution in [3.05, 3.63) is 82.4 Å². The Morgan fingerprint density at radius 3 is 2.71 bits per heavy atom. The van der Waals surface area contributed by atoms with Crippen LogP contribution in [-0.2, 0) is 6.54 Å². The van der Waals surface area contributed by atoms with Crippen LogP contribution in [0.2, 0.25) is 5.02 Å². The van der Waals surface area contributed by atoms with E-state index in [4.69, 9.17) is 22.3 Å². The van der Waals surface area contributed by atoms with E-state index in [2.05, 4.69) is 4.98 Å². The molecule has 1 aliphatic heterocycles. The highest BCUT2D eigenvalue weighted by Crippen LogP contribution is 2.28. The van der Waals surface area contributed by atoms with Crippen molar-refractivity contribution in [2.45, 2.75) is 6.54 Å². The van der Waals surface area contributed by atoms with Gasteiger partial charge in [-0.3, -0.25) is 14.4 Å². The fourth-order valence-electron chi connectivity index (χ4n) is 2.93. The number of carbonyl (C=O) groups excluding carboxylic acids is 1. The molecule has 1 aromatic heterocycles. The number of hydrogen-bond donors (Lipinski definition) is 1. The van der Waals surface area contributed by atoms with E-state index in [-0.39, 0.29) is 5.69 Å². The standard InChI is InChI=1S/C18H13ClN4O/c19-12-6-7-14-13(8-12)16(11-4-2-1-3-5-11)21-9-15-17(18(20)24)22-10-23(14)15/h1-8,10H,9H2,(H2,20,24). The molecular weight excluding hydrogens is 324 g/mol. The summed E-state index contributed by atoms with van der Waals surface area (Å²) in [5.74, 6) is -0.558. The van der Waals surface area contributed by atoms with Gasteiger partial charge in [0.1, 0.15) is 6.33 Å². The number of nitrogens with zero attached hydrogens (tertiary/aromatic N) is 3. The third kappa shape index (κ3) is 2.30. The van der Waals surface area contributed by atoms with Gasteiger partial charge in [-0.05, 0) is 18.2 Å². The van der Waals surface area contributed by atoms with E-state index in [0.29, 0.717) is 17.3 Å². The van der Waals surface area contributed by atoms with Crippen molar-refractivity contribution >= 4 is 23.2 Å². The smallest absolute Gasteiger partial charge is 0.269 e. The Labute approximate surface area is 143 Å². The summed E-state index contributed by atoms with van der Waals surface area (Å²) in [7, 11) is 0. The molecule has 5 nitrogen and oxygen atoms in total. The van der Waals surface area contributed by atoms with E-state index in [9.17, 15) is 4.79 Å². The lowest BCUT2D eigenvalue weighted by Gasteiger charge is -2.12. The maximum atomic E-state index is 11.6. The zero-order valence-corrected chi connectivity index (χ0v) is 13.4. The Kier molecular flexibility index (Phi) is 3.43. The van der Waals surface area contributed by atoms with Crippen molar-refractivity contribution < 1.29 is 4.79 Å². The Morgan fingerprint density at radius 1 is 1.17 bits per heavy atom. The molecule has 0 spiro atoms. The third-order valence-electron chi connectivity index (χ3n) is 4.01. The van der Waals surface area contributed by atoms with Gasteiger partial charge < -0.3 is 5.73 Å². The number of primary amides is 1. The Morgan fingerprint density at radius 2 is 1.96 bits per heavy atom. The van der Waals surface area contributed by atoms with E-state index in [1.54, 1.807) is 6.33 Å². The Hall–Kier alpha value is -2.92. The van der Waals surface area contributed by atoms with Crippen LogP contribution in [0.1, 0.15) is 27.3 Å². The molecule has 118 valence electrons. The van der Waals surface area contributed by atoms with Gasteiger partial charge in [0.2, 0.25) is 0 Å². The normalized spacial score (nSPS) is 12.8. The number of imidazole rings is 1. The minimum Gasteiger partial charge on any atom is -0.364 e. The maximum Gasteiger partial charge on any atom is 0.269 e. The first-order valence-corrected chi connectivity index (χ1v) is 7.79. The number of fused-ring (bicyclic) bond motifs is 3. The largest absolute Gasteiger partial charge is 0.364 e. The molecule has 0 saturated carbocycles. The molecule has 0 fully saturated rings. The van der Waals surface area contributed by atoms with E-state index in [1.165, 1.54) is 0 Å². The summed E-state index contributed by atoms with van der Waals surface area (Å²) in [6.45, 7) is 0.314. The van der Waals surface area contributed by atoms with Crippen molar-refractivity contribution in [2.75, 3.05) is 0 Å². The van der Waals surface area contributed by atoms with Crippen LogP contribution >= 0.6 is 11.6 Å². The number of carbonyl (C=O) groups is 1. The first-order chi connectivity index (χ1) is 11.6. The number of benzene rings is 2. The minimum atomic E-state index is -0.558. The van der Waals surface area contributed by atoms with Crippen molar-refractivity contribution in [3.63, 3.8) is 0 Å². The molecule has 0 radical (unpaired) electrons. The van der Waals surface area contributed by atoms with Crippen LogP contribution in [0.25, 0.3) is 5.69 Å². The number of aromatic nitrogens is 2. The second-order valence-electron chi connectivity index (χ2n) is 5.47. The molecule has 4 rings (SSSR count). The molecule has 1 aliphatic rings. The number of hydrogen-bond acceptors (Lipinski definition) is 3. The van der Waals surface area contributed by atoms with E-state index < -0.39 is 5.91 Å². The fourth-order valence-corrected chi connectivity index (χ4v) is 3.10. The SMILES string of the molecule is NC(=O)c1ncn2c1CN=C(c1ccccc1)c1cc(Cl)ccc1-2. The predicted octanol–water partition coefficient (Wildman–Crippen LogP) is 2.98. The molecule has 1 amide bonds. The molecule has 2 aromatic carbocycles. The van der Waals surface area contributed by atoms with Gasteiger partial charge in [-0.2, -0.15) is 0 Å². The lowest BCUT2D eigenvalue weighted by molar-refractivity contribution is 0.0995. The molecule has 0 bridgehead atoms. The summed E-state index contributed by atoms with van der Waals surface area (Å²) < 4.78 is 1.85. The highest BCUT2D eigenvalue weighted by molar-refractivity contribution is 6.31. The molecule has 0 aliphatic carbocycles. The lowest BCUT2D eigenvalue weighted by atomic mass is 10.0. The number of amides is 1. The van der Waals surface area contributed by atoms with Gasteiger partial charge in [0.25, 0.3) is 5.91 Å². The molecular formula is C18H13ClN4O. The number of halogens is 1. The van der Waals surface area contributed by atoms with Crippen LogP contribution < -0.4 is 5.73 Å². The second kappa shape index (κ2) is 5.62. The van der Waals surface area contributed by atoms with Crippen molar-refractivity contribution in [3.8, 4) is 5.69 Å². The molecule has 6 heteroatoms. The van der Waals surface area contributed by atoms with Gasteiger partial charge in [-0.25, -0.2) is 4.98 Å². The summed E-state index contributed by atoms with van der Waals surface area (Å²) in [6.07, 6.45) is 1.60.